The van der Waals surface area contributed by atoms with Crippen LogP contribution in [0.3, 0.4) is 0 Å². The Morgan fingerprint density at radius 2 is 1.91 bits per heavy atom. The summed E-state index contributed by atoms with van der Waals surface area (Å²) in [5, 5.41) is 0.595. The zero-order chi connectivity index (χ0) is 16.8. The first-order valence-corrected chi connectivity index (χ1v) is 8.10. The molecule has 0 aliphatic heterocycles. The van der Waals surface area contributed by atoms with Crippen molar-refractivity contribution >= 4 is 17.5 Å². The smallest absolute Gasteiger partial charge is 0.263 e. The van der Waals surface area contributed by atoms with E-state index in [9.17, 15) is 4.79 Å². The first-order chi connectivity index (χ1) is 11.0. The van der Waals surface area contributed by atoms with E-state index in [-0.39, 0.29) is 5.91 Å². The molecule has 0 fully saturated rings. The van der Waals surface area contributed by atoms with Crippen LogP contribution < -0.4 is 4.74 Å². The number of hydrogen-bond acceptors (Lipinski definition) is 2. The molecular weight excluding hydrogens is 310 g/mol. The third-order valence-electron chi connectivity index (χ3n) is 3.64. The minimum absolute atomic E-state index is 0.0342. The fourth-order valence-corrected chi connectivity index (χ4v) is 2.48. The monoisotopic (exact) mass is 331 g/mol. The number of carbonyl (C=O) groups excluding carboxylic acids is 1. The normalized spacial score (nSPS) is 11.8. The van der Waals surface area contributed by atoms with Crippen molar-refractivity contribution in [1.29, 1.82) is 0 Å². The number of rotatable bonds is 6. The Balaban J connectivity index is 2.02. The molecule has 2 aromatic carbocycles. The molecule has 0 unspecified atom stereocenters. The second-order valence-corrected chi connectivity index (χ2v) is 6.09. The van der Waals surface area contributed by atoms with Crippen LogP contribution in [0, 0.1) is 6.92 Å². The van der Waals surface area contributed by atoms with Gasteiger partial charge in [-0.3, -0.25) is 4.79 Å². The maximum atomic E-state index is 12.6. The number of ether oxygens (including phenoxy) is 1. The molecule has 122 valence electrons. The molecule has 0 saturated heterocycles. The van der Waals surface area contributed by atoms with Gasteiger partial charge in [-0.25, -0.2) is 0 Å². The van der Waals surface area contributed by atoms with Gasteiger partial charge in [0.15, 0.2) is 6.10 Å². The first kappa shape index (κ1) is 17.4. The predicted octanol–water partition coefficient (Wildman–Crippen LogP) is 4.46. The van der Waals surface area contributed by atoms with Crippen LogP contribution in [0.5, 0.6) is 5.75 Å². The molecule has 0 aromatic heterocycles. The minimum Gasteiger partial charge on any atom is -0.481 e. The van der Waals surface area contributed by atoms with Gasteiger partial charge in [0.25, 0.3) is 5.91 Å². The third-order valence-corrected chi connectivity index (χ3v) is 3.87. The molecule has 0 aliphatic rings. The summed E-state index contributed by atoms with van der Waals surface area (Å²) in [6.07, 6.45) is 0.0905. The highest BCUT2D eigenvalue weighted by Gasteiger charge is 2.22. The van der Waals surface area contributed by atoms with Crippen molar-refractivity contribution in [3.8, 4) is 5.75 Å². The number of aryl methyl sites for hydroxylation is 1. The minimum atomic E-state index is -0.510. The summed E-state index contributed by atoms with van der Waals surface area (Å²) in [4.78, 5) is 14.3. The lowest BCUT2D eigenvalue weighted by molar-refractivity contribution is -0.138. The van der Waals surface area contributed by atoms with Gasteiger partial charge >= 0.3 is 0 Å². The number of amides is 1. The molecule has 2 rings (SSSR count). The molecule has 0 saturated carbocycles. The van der Waals surface area contributed by atoms with Gasteiger partial charge in [-0.15, -0.1) is 0 Å². The van der Waals surface area contributed by atoms with Crippen LogP contribution in [0.25, 0.3) is 0 Å². The average Bonchev–Trinajstić information content (AvgIpc) is 2.54. The fraction of sp³-hybridized carbons (Fsp3) is 0.316. The first-order valence-electron chi connectivity index (χ1n) is 7.72. The van der Waals surface area contributed by atoms with E-state index < -0.39 is 6.10 Å². The third kappa shape index (κ3) is 5.00. The zero-order valence-electron chi connectivity index (χ0n) is 13.8. The van der Waals surface area contributed by atoms with Crippen LogP contribution in [0.15, 0.2) is 48.5 Å². The van der Waals surface area contributed by atoms with E-state index >= 15 is 0 Å². The van der Waals surface area contributed by atoms with Gasteiger partial charge in [0.2, 0.25) is 0 Å². The lowest BCUT2D eigenvalue weighted by Crippen LogP contribution is -2.39. The van der Waals surface area contributed by atoms with Crippen LogP contribution in [0.1, 0.15) is 24.5 Å². The molecule has 2 aromatic rings. The number of halogens is 1. The lowest BCUT2D eigenvalue weighted by atomic mass is 10.1. The Labute approximate surface area is 142 Å². The lowest BCUT2D eigenvalue weighted by Gasteiger charge is -2.24. The Bertz CT molecular complexity index is 655. The Morgan fingerprint density at radius 3 is 2.52 bits per heavy atom. The quantitative estimate of drug-likeness (QED) is 0.782. The van der Waals surface area contributed by atoms with Gasteiger partial charge in [-0.05, 0) is 37.1 Å². The number of hydrogen-bond donors (Lipinski definition) is 0. The Kier molecular flexibility index (Phi) is 6.05. The van der Waals surface area contributed by atoms with Gasteiger partial charge in [0.05, 0.1) is 0 Å². The van der Waals surface area contributed by atoms with Crippen molar-refractivity contribution in [1.82, 2.24) is 4.90 Å². The molecule has 23 heavy (non-hydrogen) atoms. The molecule has 0 aliphatic carbocycles. The van der Waals surface area contributed by atoms with Crippen LogP contribution in [0.2, 0.25) is 5.02 Å². The fourth-order valence-electron chi connectivity index (χ4n) is 2.30. The van der Waals surface area contributed by atoms with E-state index in [1.165, 1.54) is 5.56 Å². The number of likely N-dealkylation sites (N-methyl/N-ethyl adjacent to an activating group) is 1. The van der Waals surface area contributed by atoms with Crippen molar-refractivity contribution in [2.75, 3.05) is 7.05 Å². The summed E-state index contributed by atoms with van der Waals surface area (Å²) >= 11 is 5.96. The van der Waals surface area contributed by atoms with E-state index in [1.807, 2.05) is 50.2 Å². The summed E-state index contributed by atoms with van der Waals surface area (Å²) in [6.45, 7) is 4.55. The highest BCUT2D eigenvalue weighted by atomic mass is 35.5. The standard InChI is InChI=1S/C19H22ClNO2/c1-4-18(23-17-7-5-6-16(20)12-17)19(22)21(3)13-15-10-8-14(2)9-11-15/h5-12,18H,4,13H2,1-3H3/t18-/m0/s1. The molecule has 1 atom stereocenters. The molecule has 1 amide bonds. The summed E-state index contributed by atoms with van der Waals surface area (Å²) < 4.78 is 5.81. The Hall–Kier alpha value is -2.00. The van der Waals surface area contributed by atoms with Gasteiger partial charge in [-0.2, -0.15) is 0 Å². The molecule has 0 N–H and O–H groups in total. The topological polar surface area (TPSA) is 29.5 Å². The summed E-state index contributed by atoms with van der Waals surface area (Å²) in [7, 11) is 1.80. The van der Waals surface area contributed by atoms with Crippen molar-refractivity contribution in [3.63, 3.8) is 0 Å². The van der Waals surface area contributed by atoms with Crippen molar-refractivity contribution in [3.05, 3.63) is 64.7 Å². The van der Waals surface area contributed by atoms with Gasteiger partial charge in [0.1, 0.15) is 5.75 Å². The van der Waals surface area contributed by atoms with Crippen molar-refractivity contribution < 1.29 is 9.53 Å². The maximum absolute atomic E-state index is 12.6. The molecule has 3 nitrogen and oxygen atoms in total. The van der Waals surface area contributed by atoms with E-state index in [2.05, 4.69) is 0 Å². The van der Waals surface area contributed by atoms with Crippen molar-refractivity contribution in [2.45, 2.75) is 32.9 Å². The highest BCUT2D eigenvalue weighted by molar-refractivity contribution is 6.30. The van der Waals surface area contributed by atoms with Gasteiger partial charge in [-0.1, -0.05) is 54.4 Å². The summed E-state index contributed by atoms with van der Waals surface area (Å²) in [5.41, 5.74) is 2.31. The number of nitrogens with zero attached hydrogens (tertiary/aromatic N) is 1. The van der Waals surface area contributed by atoms with E-state index in [4.69, 9.17) is 16.3 Å². The number of carbonyl (C=O) groups is 1. The summed E-state index contributed by atoms with van der Waals surface area (Å²) in [5.74, 6) is 0.578. The Morgan fingerprint density at radius 1 is 1.22 bits per heavy atom. The van der Waals surface area contributed by atoms with Gasteiger partial charge < -0.3 is 9.64 Å². The van der Waals surface area contributed by atoms with E-state index in [1.54, 1.807) is 24.1 Å². The molecule has 0 bridgehead atoms. The van der Waals surface area contributed by atoms with Crippen LogP contribution in [-0.4, -0.2) is 24.0 Å². The SMILES string of the molecule is CC[C@H](Oc1cccc(Cl)c1)C(=O)N(C)Cc1ccc(C)cc1. The molecule has 4 heteroatoms. The zero-order valence-corrected chi connectivity index (χ0v) is 14.5. The average molecular weight is 332 g/mol. The second kappa shape index (κ2) is 8.02. The maximum Gasteiger partial charge on any atom is 0.263 e. The summed E-state index contributed by atoms with van der Waals surface area (Å²) in [6, 6.07) is 15.3. The largest absolute Gasteiger partial charge is 0.481 e. The highest BCUT2D eigenvalue weighted by Crippen LogP contribution is 2.20. The van der Waals surface area contributed by atoms with Crippen LogP contribution >= 0.6 is 11.6 Å². The molecule has 0 radical (unpaired) electrons. The van der Waals surface area contributed by atoms with Gasteiger partial charge in [0, 0.05) is 18.6 Å². The predicted molar refractivity (Wildman–Crippen MR) is 93.8 cm³/mol. The molecule has 0 heterocycles. The number of benzene rings is 2. The van der Waals surface area contributed by atoms with Crippen LogP contribution in [0.4, 0.5) is 0 Å². The second-order valence-electron chi connectivity index (χ2n) is 5.65. The molecular formula is C19H22ClNO2. The van der Waals surface area contributed by atoms with E-state index in [0.717, 1.165) is 5.56 Å². The van der Waals surface area contributed by atoms with Crippen molar-refractivity contribution in [2.24, 2.45) is 0 Å². The molecule has 0 spiro atoms. The van der Waals surface area contributed by atoms with E-state index in [0.29, 0.717) is 23.7 Å². The van der Waals surface area contributed by atoms with Crippen LogP contribution in [-0.2, 0) is 11.3 Å².